The molecule has 124 valence electrons. The van der Waals surface area contributed by atoms with Crippen LogP contribution in [0.15, 0.2) is 0 Å². The maximum atomic E-state index is 11.3. The molecule has 0 aliphatic carbocycles. The zero-order chi connectivity index (χ0) is 16.8. The first kappa shape index (κ1) is 19.7. The second-order valence-electron chi connectivity index (χ2n) is 5.40. The van der Waals surface area contributed by atoms with E-state index < -0.39 is 55.2 Å². The summed E-state index contributed by atoms with van der Waals surface area (Å²) in [6.07, 6.45) is -7.15. The molecule has 0 saturated heterocycles. The molecule has 5 N–H and O–H groups in total. The van der Waals surface area contributed by atoms with Crippen LogP contribution in [-0.2, 0) is 19.1 Å². The van der Waals surface area contributed by atoms with Crippen LogP contribution in [0.4, 0.5) is 0 Å². The van der Waals surface area contributed by atoms with E-state index in [-0.39, 0.29) is 0 Å². The second-order valence-corrected chi connectivity index (χ2v) is 5.40. The van der Waals surface area contributed by atoms with Crippen molar-refractivity contribution in [1.29, 1.82) is 0 Å². The van der Waals surface area contributed by atoms with Crippen LogP contribution >= 0.6 is 0 Å². The van der Waals surface area contributed by atoms with Gasteiger partial charge < -0.3 is 35.0 Å². The molecule has 0 radical (unpaired) electrons. The Morgan fingerprint density at radius 2 is 1.43 bits per heavy atom. The SMILES string of the molecule is CC(C)(C)OC(=O)C(=O)OCC(O)C(O)C(O)C(O)CO. The first-order valence-electron chi connectivity index (χ1n) is 6.22. The van der Waals surface area contributed by atoms with Crippen LogP contribution in [0, 0.1) is 0 Å². The molecule has 0 fully saturated rings. The van der Waals surface area contributed by atoms with Gasteiger partial charge in [-0.2, -0.15) is 0 Å². The summed E-state index contributed by atoms with van der Waals surface area (Å²) in [6, 6.07) is 0. The lowest BCUT2D eigenvalue weighted by molar-refractivity contribution is -0.179. The van der Waals surface area contributed by atoms with Crippen molar-refractivity contribution in [2.45, 2.75) is 50.8 Å². The Bertz CT molecular complexity index is 349. The minimum absolute atomic E-state index is 0.797. The van der Waals surface area contributed by atoms with Crippen molar-refractivity contribution < 1.29 is 44.6 Å². The Hall–Kier alpha value is -1.26. The predicted octanol–water partition coefficient (Wildman–Crippen LogP) is -2.69. The third kappa shape index (κ3) is 7.34. The number of hydrogen-bond acceptors (Lipinski definition) is 9. The van der Waals surface area contributed by atoms with Crippen LogP contribution < -0.4 is 0 Å². The third-order valence-electron chi connectivity index (χ3n) is 2.28. The number of aliphatic hydroxyl groups is 5. The number of carbonyl (C=O) groups excluding carboxylic acids is 2. The van der Waals surface area contributed by atoms with Crippen molar-refractivity contribution in [3.63, 3.8) is 0 Å². The fourth-order valence-electron chi connectivity index (χ4n) is 1.20. The highest BCUT2D eigenvalue weighted by atomic mass is 16.6. The van der Waals surface area contributed by atoms with Crippen molar-refractivity contribution in [2.24, 2.45) is 0 Å². The van der Waals surface area contributed by atoms with E-state index in [1.807, 2.05) is 0 Å². The molecule has 21 heavy (non-hydrogen) atoms. The average Bonchev–Trinajstić information content (AvgIpc) is 2.39. The molecule has 4 atom stereocenters. The summed E-state index contributed by atoms with van der Waals surface area (Å²) in [5.41, 5.74) is -0.893. The molecular formula is C12H22O9. The van der Waals surface area contributed by atoms with Gasteiger partial charge in [-0.05, 0) is 20.8 Å². The van der Waals surface area contributed by atoms with Crippen molar-refractivity contribution in [3.8, 4) is 0 Å². The Labute approximate surface area is 121 Å². The summed E-state index contributed by atoms with van der Waals surface area (Å²) in [7, 11) is 0. The molecule has 9 heteroatoms. The van der Waals surface area contributed by atoms with E-state index in [1.165, 1.54) is 0 Å². The largest absolute Gasteiger partial charge is 0.454 e. The predicted molar refractivity (Wildman–Crippen MR) is 67.9 cm³/mol. The molecule has 0 aliphatic rings. The molecule has 0 aromatic heterocycles. The lowest BCUT2D eigenvalue weighted by Gasteiger charge is -2.25. The molecule has 9 nitrogen and oxygen atoms in total. The Balaban J connectivity index is 4.32. The van der Waals surface area contributed by atoms with Gasteiger partial charge in [-0.1, -0.05) is 0 Å². The van der Waals surface area contributed by atoms with Crippen LogP contribution in [-0.4, -0.2) is 80.7 Å². The van der Waals surface area contributed by atoms with E-state index in [0.29, 0.717) is 0 Å². The zero-order valence-electron chi connectivity index (χ0n) is 12.1. The fourth-order valence-corrected chi connectivity index (χ4v) is 1.20. The lowest BCUT2D eigenvalue weighted by atomic mass is 10.0. The molecule has 0 aromatic carbocycles. The van der Waals surface area contributed by atoms with Crippen molar-refractivity contribution >= 4 is 11.9 Å². The van der Waals surface area contributed by atoms with Gasteiger partial charge in [0.15, 0.2) is 0 Å². The minimum atomic E-state index is -1.88. The van der Waals surface area contributed by atoms with Gasteiger partial charge in [0.25, 0.3) is 0 Å². The molecule has 0 rings (SSSR count). The van der Waals surface area contributed by atoms with Gasteiger partial charge >= 0.3 is 11.9 Å². The zero-order valence-corrected chi connectivity index (χ0v) is 12.1. The van der Waals surface area contributed by atoms with E-state index in [0.717, 1.165) is 0 Å². The first-order valence-corrected chi connectivity index (χ1v) is 6.22. The topological polar surface area (TPSA) is 154 Å². The highest BCUT2D eigenvalue weighted by Gasteiger charge is 2.32. The number of carbonyl (C=O) groups is 2. The molecule has 0 spiro atoms. The van der Waals surface area contributed by atoms with Crippen molar-refractivity contribution in [2.75, 3.05) is 13.2 Å². The van der Waals surface area contributed by atoms with E-state index in [9.17, 15) is 24.9 Å². The monoisotopic (exact) mass is 310 g/mol. The fraction of sp³-hybridized carbons (Fsp3) is 0.833. The van der Waals surface area contributed by atoms with Gasteiger partial charge in [-0.15, -0.1) is 0 Å². The maximum Gasteiger partial charge on any atom is 0.417 e. The molecule has 0 aliphatic heterocycles. The smallest absolute Gasteiger partial charge is 0.417 e. The van der Waals surface area contributed by atoms with Gasteiger partial charge in [0.05, 0.1) is 6.61 Å². The number of ether oxygens (including phenoxy) is 2. The Morgan fingerprint density at radius 1 is 0.952 bits per heavy atom. The highest BCUT2D eigenvalue weighted by molar-refractivity contribution is 6.29. The summed E-state index contributed by atoms with van der Waals surface area (Å²) in [4.78, 5) is 22.5. The standard InChI is InChI=1S/C12H22O9/c1-12(2,3)21-11(19)10(18)20-5-7(15)9(17)8(16)6(14)4-13/h6-9,13-17H,4-5H2,1-3H3. The van der Waals surface area contributed by atoms with Crippen LogP contribution in [0.3, 0.4) is 0 Å². The van der Waals surface area contributed by atoms with Crippen molar-refractivity contribution in [3.05, 3.63) is 0 Å². The average molecular weight is 310 g/mol. The summed E-state index contributed by atoms with van der Waals surface area (Å²) >= 11 is 0. The third-order valence-corrected chi connectivity index (χ3v) is 2.28. The molecular weight excluding hydrogens is 288 g/mol. The van der Waals surface area contributed by atoms with Crippen LogP contribution in [0.25, 0.3) is 0 Å². The molecule has 4 unspecified atom stereocenters. The van der Waals surface area contributed by atoms with Crippen LogP contribution in [0.1, 0.15) is 20.8 Å². The van der Waals surface area contributed by atoms with E-state index in [4.69, 9.17) is 14.9 Å². The van der Waals surface area contributed by atoms with Gasteiger partial charge in [0.1, 0.15) is 36.6 Å². The summed E-state index contributed by atoms with van der Waals surface area (Å²) in [5, 5.41) is 45.9. The van der Waals surface area contributed by atoms with Crippen LogP contribution in [0.2, 0.25) is 0 Å². The van der Waals surface area contributed by atoms with Crippen LogP contribution in [0.5, 0.6) is 0 Å². The maximum absolute atomic E-state index is 11.3. The summed E-state index contributed by atoms with van der Waals surface area (Å²) in [5.74, 6) is -2.63. The van der Waals surface area contributed by atoms with Gasteiger partial charge in [-0.25, -0.2) is 9.59 Å². The summed E-state index contributed by atoms with van der Waals surface area (Å²) < 4.78 is 9.13. The number of rotatable bonds is 6. The molecule has 0 heterocycles. The minimum Gasteiger partial charge on any atom is -0.454 e. The van der Waals surface area contributed by atoms with Gasteiger partial charge in [-0.3, -0.25) is 0 Å². The second kappa shape index (κ2) is 8.25. The van der Waals surface area contributed by atoms with Gasteiger partial charge in [0, 0.05) is 0 Å². The van der Waals surface area contributed by atoms with Gasteiger partial charge in [0.2, 0.25) is 0 Å². The Morgan fingerprint density at radius 3 is 1.86 bits per heavy atom. The number of hydrogen-bond donors (Lipinski definition) is 5. The highest BCUT2D eigenvalue weighted by Crippen LogP contribution is 2.09. The molecule has 0 aromatic rings. The van der Waals surface area contributed by atoms with E-state index in [1.54, 1.807) is 20.8 Å². The molecule has 0 amide bonds. The number of esters is 2. The van der Waals surface area contributed by atoms with E-state index >= 15 is 0 Å². The normalized spacial score (nSPS) is 17.5. The molecule has 0 saturated carbocycles. The Kier molecular flexibility index (Phi) is 7.75. The quantitative estimate of drug-likeness (QED) is 0.260. The van der Waals surface area contributed by atoms with Crippen molar-refractivity contribution in [1.82, 2.24) is 0 Å². The number of aliphatic hydroxyl groups excluding tert-OH is 5. The summed E-state index contributed by atoms with van der Waals surface area (Å²) in [6.45, 7) is 3.01. The van der Waals surface area contributed by atoms with E-state index in [2.05, 4.69) is 4.74 Å². The first-order chi connectivity index (χ1) is 9.49. The lowest BCUT2D eigenvalue weighted by Crippen LogP contribution is -2.47. The molecule has 0 bridgehead atoms.